The molecule has 0 aliphatic heterocycles. The molecule has 0 saturated carbocycles. The van der Waals surface area contributed by atoms with E-state index in [1.54, 1.807) is 24.3 Å². The highest BCUT2D eigenvalue weighted by Crippen LogP contribution is 2.35. The van der Waals surface area contributed by atoms with E-state index in [9.17, 15) is 14.4 Å². The van der Waals surface area contributed by atoms with Gasteiger partial charge in [0.25, 0.3) is 11.8 Å². The van der Waals surface area contributed by atoms with E-state index < -0.39 is 11.8 Å². The van der Waals surface area contributed by atoms with Crippen LogP contribution < -0.4 is 16.2 Å². The van der Waals surface area contributed by atoms with E-state index in [-0.39, 0.29) is 12.3 Å². The smallest absolute Gasteiger partial charge is 0.281 e. The van der Waals surface area contributed by atoms with Crippen molar-refractivity contribution in [1.82, 2.24) is 10.9 Å². The molecule has 1 heterocycles. The maximum atomic E-state index is 12.5. The highest BCUT2D eigenvalue weighted by Gasteiger charge is 2.18. The van der Waals surface area contributed by atoms with Gasteiger partial charge in [-0.05, 0) is 48.4 Å². The molecular weight excluding hydrogens is 458 g/mol. The Labute approximate surface area is 199 Å². The highest BCUT2D eigenvalue weighted by atomic mass is 35.5. The standard InChI is InChI=1S/C25H20ClN3O3S/c1-15-7-12-19-20(13-15)33-23(22(19)26)25(32)29-28-24(31)17-8-10-18(11-9-17)27-21(30)14-16-5-3-2-4-6-16/h2-13H,14H2,1H3,(H,27,30)(H,28,31)(H,29,32). The van der Waals surface area contributed by atoms with Gasteiger partial charge in [-0.3, -0.25) is 25.2 Å². The lowest BCUT2D eigenvalue weighted by atomic mass is 10.1. The number of hydrogen-bond acceptors (Lipinski definition) is 4. The summed E-state index contributed by atoms with van der Waals surface area (Å²) in [6.45, 7) is 1.97. The van der Waals surface area contributed by atoms with E-state index in [0.717, 1.165) is 21.2 Å². The minimum absolute atomic E-state index is 0.152. The van der Waals surface area contributed by atoms with E-state index in [4.69, 9.17) is 11.6 Å². The molecule has 3 N–H and O–H groups in total. The van der Waals surface area contributed by atoms with Gasteiger partial charge in [0.2, 0.25) is 5.91 Å². The third-order valence-corrected chi connectivity index (χ3v) is 6.58. The zero-order chi connectivity index (χ0) is 23.4. The summed E-state index contributed by atoms with van der Waals surface area (Å²) < 4.78 is 0.904. The van der Waals surface area contributed by atoms with Crippen LogP contribution in [0.2, 0.25) is 5.02 Å². The summed E-state index contributed by atoms with van der Waals surface area (Å²) in [5, 5.41) is 3.96. The first kappa shape index (κ1) is 22.5. The first-order valence-corrected chi connectivity index (χ1v) is 11.3. The normalized spacial score (nSPS) is 10.6. The van der Waals surface area contributed by atoms with Crippen molar-refractivity contribution in [3.05, 3.63) is 99.4 Å². The van der Waals surface area contributed by atoms with Gasteiger partial charge in [0.05, 0.1) is 11.4 Å². The number of fused-ring (bicyclic) bond motifs is 1. The lowest BCUT2D eigenvalue weighted by molar-refractivity contribution is -0.115. The quantitative estimate of drug-likeness (QED) is 0.349. The van der Waals surface area contributed by atoms with Crippen molar-refractivity contribution >= 4 is 56.4 Å². The molecular formula is C25H20ClN3O3S. The maximum Gasteiger partial charge on any atom is 0.281 e. The average Bonchev–Trinajstić information content (AvgIpc) is 3.14. The number of anilines is 1. The minimum atomic E-state index is -0.489. The Kier molecular flexibility index (Phi) is 6.72. The predicted octanol–water partition coefficient (Wildman–Crippen LogP) is 5.12. The van der Waals surface area contributed by atoms with E-state index in [1.165, 1.54) is 11.3 Å². The van der Waals surface area contributed by atoms with Crippen LogP contribution in [0.1, 0.15) is 31.2 Å². The molecule has 0 bridgehead atoms. The van der Waals surface area contributed by atoms with Gasteiger partial charge < -0.3 is 5.32 Å². The first-order valence-electron chi connectivity index (χ1n) is 10.1. The molecule has 0 aliphatic carbocycles. The van der Waals surface area contributed by atoms with Crippen LogP contribution in [0.5, 0.6) is 0 Å². The monoisotopic (exact) mass is 477 g/mol. The van der Waals surface area contributed by atoms with Gasteiger partial charge in [-0.15, -0.1) is 11.3 Å². The van der Waals surface area contributed by atoms with Gasteiger partial charge >= 0.3 is 0 Å². The lowest BCUT2D eigenvalue weighted by Gasteiger charge is -2.08. The van der Waals surface area contributed by atoms with Gasteiger partial charge in [-0.25, -0.2) is 0 Å². The Morgan fingerprint density at radius 1 is 0.879 bits per heavy atom. The second kappa shape index (κ2) is 9.85. The average molecular weight is 478 g/mol. The highest BCUT2D eigenvalue weighted by molar-refractivity contribution is 7.21. The zero-order valence-electron chi connectivity index (χ0n) is 17.6. The van der Waals surface area contributed by atoms with Crippen molar-refractivity contribution in [1.29, 1.82) is 0 Å². The van der Waals surface area contributed by atoms with Crippen LogP contribution in [0.25, 0.3) is 10.1 Å². The fourth-order valence-corrected chi connectivity index (χ4v) is 4.76. The Hall–Kier alpha value is -3.68. The molecule has 6 nitrogen and oxygen atoms in total. The number of carbonyl (C=O) groups excluding carboxylic acids is 3. The number of amides is 3. The molecule has 0 aliphatic rings. The Morgan fingerprint density at radius 3 is 2.30 bits per heavy atom. The molecule has 166 valence electrons. The number of halogens is 1. The summed E-state index contributed by atoms with van der Waals surface area (Å²) >= 11 is 7.62. The number of nitrogens with one attached hydrogen (secondary N) is 3. The predicted molar refractivity (Wildman–Crippen MR) is 132 cm³/mol. The maximum absolute atomic E-state index is 12.5. The zero-order valence-corrected chi connectivity index (χ0v) is 19.2. The molecule has 8 heteroatoms. The van der Waals surface area contributed by atoms with Crippen molar-refractivity contribution < 1.29 is 14.4 Å². The summed E-state index contributed by atoms with van der Waals surface area (Å²) in [5.41, 5.74) is 7.68. The Bertz CT molecular complexity index is 1330. The summed E-state index contributed by atoms with van der Waals surface area (Å²) in [4.78, 5) is 37.5. The van der Waals surface area contributed by atoms with Gasteiger partial charge in [0.15, 0.2) is 0 Å². The number of benzene rings is 3. The summed E-state index contributed by atoms with van der Waals surface area (Å²) in [6, 6.07) is 21.6. The largest absolute Gasteiger partial charge is 0.326 e. The molecule has 4 rings (SSSR count). The van der Waals surface area contributed by atoms with Gasteiger partial charge in [-0.1, -0.05) is 54.1 Å². The molecule has 0 spiro atoms. The third kappa shape index (κ3) is 5.39. The van der Waals surface area contributed by atoms with Crippen molar-refractivity contribution in [3.63, 3.8) is 0 Å². The van der Waals surface area contributed by atoms with Gasteiger partial charge in [0, 0.05) is 21.3 Å². The SMILES string of the molecule is Cc1ccc2c(Cl)c(C(=O)NNC(=O)c3ccc(NC(=O)Cc4ccccc4)cc3)sc2c1. The van der Waals surface area contributed by atoms with E-state index in [0.29, 0.717) is 21.2 Å². The number of aryl methyl sites for hydroxylation is 1. The van der Waals surface area contributed by atoms with Crippen LogP contribution in [0, 0.1) is 6.92 Å². The summed E-state index contributed by atoms with van der Waals surface area (Å²) in [7, 11) is 0. The minimum Gasteiger partial charge on any atom is -0.326 e. The summed E-state index contributed by atoms with van der Waals surface area (Å²) in [5.74, 6) is -1.13. The van der Waals surface area contributed by atoms with E-state index >= 15 is 0 Å². The second-order valence-corrected chi connectivity index (χ2v) is 8.87. The van der Waals surface area contributed by atoms with Gasteiger partial charge in [-0.2, -0.15) is 0 Å². The van der Waals surface area contributed by atoms with Crippen LogP contribution in [0.4, 0.5) is 5.69 Å². The molecule has 0 fully saturated rings. The molecule has 1 aromatic heterocycles. The fraction of sp³-hybridized carbons (Fsp3) is 0.0800. The molecule has 0 radical (unpaired) electrons. The number of thiophene rings is 1. The number of carbonyl (C=O) groups is 3. The van der Waals surface area contributed by atoms with Crippen LogP contribution in [-0.2, 0) is 11.2 Å². The molecule has 3 amide bonds. The molecule has 0 atom stereocenters. The van der Waals surface area contributed by atoms with Gasteiger partial charge in [0.1, 0.15) is 4.88 Å². The first-order chi connectivity index (χ1) is 15.9. The van der Waals surface area contributed by atoms with E-state index in [2.05, 4.69) is 16.2 Å². The van der Waals surface area contributed by atoms with Crippen molar-refractivity contribution in [2.75, 3.05) is 5.32 Å². The molecule has 3 aromatic carbocycles. The van der Waals surface area contributed by atoms with Crippen LogP contribution in [-0.4, -0.2) is 17.7 Å². The van der Waals surface area contributed by atoms with Crippen molar-refractivity contribution in [3.8, 4) is 0 Å². The van der Waals surface area contributed by atoms with Crippen molar-refractivity contribution in [2.45, 2.75) is 13.3 Å². The molecule has 0 unspecified atom stereocenters. The second-order valence-electron chi connectivity index (χ2n) is 7.44. The Balaban J connectivity index is 1.33. The van der Waals surface area contributed by atoms with Crippen LogP contribution in [0.15, 0.2) is 72.8 Å². The topological polar surface area (TPSA) is 87.3 Å². The summed E-state index contributed by atoms with van der Waals surface area (Å²) in [6.07, 6.45) is 0.259. The third-order valence-electron chi connectivity index (χ3n) is 4.92. The van der Waals surface area contributed by atoms with Crippen LogP contribution in [0.3, 0.4) is 0 Å². The number of hydrazine groups is 1. The lowest BCUT2D eigenvalue weighted by Crippen LogP contribution is -2.41. The number of hydrogen-bond donors (Lipinski definition) is 3. The molecule has 33 heavy (non-hydrogen) atoms. The molecule has 0 saturated heterocycles. The fourth-order valence-electron chi connectivity index (χ4n) is 3.25. The Morgan fingerprint density at radius 2 is 1.58 bits per heavy atom. The molecule has 4 aromatic rings. The van der Waals surface area contributed by atoms with Crippen molar-refractivity contribution in [2.24, 2.45) is 0 Å². The number of rotatable bonds is 5. The van der Waals surface area contributed by atoms with Crippen LogP contribution >= 0.6 is 22.9 Å². The van der Waals surface area contributed by atoms with E-state index in [1.807, 2.05) is 55.5 Å².